The molecule has 2 rings (SSSR count). The second-order valence-electron chi connectivity index (χ2n) is 6.06. The van der Waals surface area contributed by atoms with Gasteiger partial charge in [-0.15, -0.1) is 11.3 Å². The Kier molecular flexibility index (Phi) is 5.84. The molecule has 0 radical (unpaired) electrons. The van der Waals surface area contributed by atoms with Crippen LogP contribution in [0.5, 0.6) is 0 Å². The Bertz CT molecular complexity index is 480. The number of carboxylic acid groups (broad SMARTS) is 1. The molecule has 4 nitrogen and oxygen atoms in total. The molecule has 0 saturated carbocycles. The van der Waals surface area contributed by atoms with Crippen LogP contribution in [0.2, 0.25) is 6.32 Å². The van der Waals surface area contributed by atoms with Gasteiger partial charge in [-0.05, 0) is 36.3 Å². The van der Waals surface area contributed by atoms with E-state index in [2.05, 4.69) is 24.2 Å². The van der Waals surface area contributed by atoms with Crippen molar-refractivity contribution in [2.75, 3.05) is 13.1 Å². The second kappa shape index (κ2) is 7.43. The topological polar surface area (TPSA) is 66.6 Å². The standard InChI is InChI=1S/C15H25BN2O2S/c16-7-2-1-5-15(17,14(19)20)6-9-18-8-3-12-4-10-21-13(12)11-18/h4,10H,1-3,5-9,11,16-17H2,(H,19,20). The quantitative estimate of drug-likeness (QED) is 0.564. The summed E-state index contributed by atoms with van der Waals surface area (Å²) in [4.78, 5) is 15.3. The molecular formula is C15H25BN2O2S. The first-order valence-electron chi connectivity index (χ1n) is 7.85. The summed E-state index contributed by atoms with van der Waals surface area (Å²) < 4.78 is 0. The third-order valence-corrected chi connectivity index (χ3v) is 5.38. The van der Waals surface area contributed by atoms with Crippen molar-refractivity contribution in [1.29, 1.82) is 0 Å². The van der Waals surface area contributed by atoms with Crippen molar-refractivity contribution in [3.05, 3.63) is 21.9 Å². The number of rotatable bonds is 8. The van der Waals surface area contributed by atoms with E-state index in [0.717, 1.165) is 45.2 Å². The molecule has 1 atom stereocenters. The summed E-state index contributed by atoms with van der Waals surface area (Å²) in [5.74, 6) is -0.854. The second-order valence-corrected chi connectivity index (χ2v) is 7.06. The Morgan fingerprint density at radius 3 is 3.00 bits per heavy atom. The Hall–Kier alpha value is -0.845. The summed E-state index contributed by atoms with van der Waals surface area (Å²) in [5.41, 5.74) is 6.54. The molecule has 3 N–H and O–H groups in total. The van der Waals surface area contributed by atoms with Crippen molar-refractivity contribution in [2.45, 2.75) is 50.5 Å². The Labute approximate surface area is 131 Å². The normalized spacial score (nSPS) is 18.1. The van der Waals surface area contributed by atoms with E-state index in [1.54, 1.807) is 11.3 Å². The van der Waals surface area contributed by atoms with Crippen LogP contribution in [-0.4, -0.2) is 42.5 Å². The lowest BCUT2D eigenvalue weighted by molar-refractivity contribution is -0.144. The van der Waals surface area contributed by atoms with Gasteiger partial charge in [-0.25, -0.2) is 0 Å². The lowest BCUT2D eigenvalue weighted by Crippen LogP contribution is -2.50. The fourth-order valence-corrected chi connectivity index (χ4v) is 3.84. The van der Waals surface area contributed by atoms with Crippen molar-refractivity contribution in [1.82, 2.24) is 4.90 Å². The summed E-state index contributed by atoms with van der Waals surface area (Å²) in [6, 6.07) is 2.20. The third-order valence-electron chi connectivity index (χ3n) is 4.43. The molecule has 1 aromatic heterocycles. The lowest BCUT2D eigenvalue weighted by atomic mass is 9.87. The molecule has 1 aliphatic heterocycles. The summed E-state index contributed by atoms with van der Waals surface area (Å²) in [5, 5.41) is 11.6. The number of unbranched alkanes of at least 4 members (excludes halogenated alkanes) is 1. The fourth-order valence-electron chi connectivity index (χ4n) is 2.87. The van der Waals surface area contributed by atoms with Crippen LogP contribution in [0.15, 0.2) is 11.4 Å². The first-order valence-corrected chi connectivity index (χ1v) is 8.73. The average Bonchev–Trinajstić information content (AvgIpc) is 2.92. The van der Waals surface area contributed by atoms with Crippen molar-refractivity contribution >= 4 is 25.2 Å². The highest BCUT2D eigenvalue weighted by molar-refractivity contribution is 7.10. The minimum atomic E-state index is -1.06. The highest BCUT2D eigenvalue weighted by Crippen LogP contribution is 2.25. The smallest absolute Gasteiger partial charge is 0.323 e. The largest absolute Gasteiger partial charge is 0.480 e. The predicted molar refractivity (Wildman–Crippen MR) is 89.7 cm³/mol. The molecular weight excluding hydrogens is 283 g/mol. The van der Waals surface area contributed by atoms with E-state index >= 15 is 0 Å². The van der Waals surface area contributed by atoms with Gasteiger partial charge in [0.15, 0.2) is 0 Å². The molecule has 1 aromatic rings. The summed E-state index contributed by atoms with van der Waals surface area (Å²) in [6.45, 7) is 2.72. The first kappa shape index (κ1) is 16.5. The zero-order valence-electron chi connectivity index (χ0n) is 12.8. The molecule has 21 heavy (non-hydrogen) atoms. The van der Waals surface area contributed by atoms with Crippen LogP contribution < -0.4 is 5.73 Å². The number of carbonyl (C=O) groups is 1. The zero-order valence-corrected chi connectivity index (χ0v) is 13.6. The number of hydrogen-bond acceptors (Lipinski definition) is 4. The summed E-state index contributed by atoms with van der Waals surface area (Å²) >= 11 is 1.80. The fraction of sp³-hybridized carbons (Fsp3) is 0.667. The number of fused-ring (bicyclic) bond motifs is 1. The summed E-state index contributed by atoms with van der Waals surface area (Å²) in [6.07, 6.45) is 5.21. The number of thiophene rings is 1. The number of aliphatic carboxylic acids is 1. The van der Waals surface area contributed by atoms with E-state index in [1.807, 2.05) is 0 Å². The van der Waals surface area contributed by atoms with Crippen LogP contribution in [0.4, 0.5) is 0 Å². The van der Waals surface area contributed by atoms with Crippen LogP contribution in [0.25, 0.3) is 0 Å². The van der Waals surface area contributed by atoms with Crippen molar-refractivity contribution in [3.8, 4) is 0 Å². The van der Waals surface area contributed by atoms with Gasteiger partial charge in [0, 0.05) is 24.5 Å². The van der Waals surface area contributed by atoms with Gasteiger partial charge >= 0.3 is 5.97 Å². The molecule has 116 valence electrons. The van der Waals surface area contributed by atoms with E-state index in [9.17, 15) is 9.90 Å². The van der Waals surface area contributed by atoms with Crippen LogP contribution in [-0.2, 0) is 17.8 Å². The molecule has 0 saturated heterocycles. The molecule has 1 aliphatic rings. The Balaban J connectivity index is 1.86. The third kappa shape index (κ3) is 4.31. The number of carboxylic acids is 1. The number of nitrogens with zero attached hydrogens (tertiary/aromatic N) is 1. The van der Waals surface area contributed by atoms with E-state index in [-0.39, 0.29) is 0 Å². The molecule has 0 aliphatic carbocycles. The van der Waals surface area contributed by atoms with Gasteiger partial charge < -0.3 is 10.8 Å². The van der Waals surface area contributed by atoms with E-state index in [4.69, 9.17) is 5.73 Å². The maximum absolute atomic E-state index is 11.5. The van der Waals surface area contributed by atoms with E-state index in [1.165, 1.54) is 10.4 Å². The SMILES string of the molecule is BCCCCC(N)(CCN1CCc2ccsc2C1)C(=O)O. The maximum Gasteiger partial charge on any atom is 0.323 e. The molecule has 1 unspecified atom stereocenters. The Morgan fingerprint density at radius 1 is 1.48 bits per heavy atom. The van der Waals surface area contributed by atoms with E-state index in [0.29, 0.717) is 12.8 Å². The van der Waals surface area contributed by atoms with Crippen molar-refractivity contribution in [3.63, 3.8) is 0 Å². The minimum Gasteiger partial charge on any atom is -0.480 e. The van der Waals surface area contributed by atoms with Crippen LogP contribution >= 0.6 is 11.3 Å². The van der Waals surface area contributed by atoms with Gasteiger partial charge in [0.05, 0.1) is 0 Å². The lowest BCUT2D eigenvalue weighted by Gasteiger charge is -2.31. The molecule has 0 fully saturated rings. The predicted octanol–water partition coefficient (Wildman–Crippen LogP) is 1.50. The van der Waals surface area contributed by atoms with Gasteiger partial charge in [-0.1, -0.05) is 19.2 Å². The number of nitrogens with two attached hydrogens (primary N) is 1. The molecule has 6 heteroatoms. The minimum absolute atomic E-state index is 0.534. The van der Waals surface area contributed by atoms with Gasteiger partial charge in [-0.2, -0.15) is 0 Å². The molecule has 2 heterocycles. The van der Waals surface area contributed by atoms with Gasteiger partial charge in [-0.3, -0.25) is 9.69 Å². The maximum atomic E-state index is 11.5. The van der Waals surface area contributed by atoms with Crippen LogP contribution in [0.3, 0.4) is 0 Å². The average molecular weight is 308 g/mol. The molecule has 0 bridgehead atoms. The van der Waals surface area contributed by atoms with Gasteiger partial charge in [0.1, 0.15) is 13.4 Å². The zero-order chi connectivity index (χ0) is 15.3. The summed E-state index contributed by atoms with van der Waals surface area (Å²) in [7, 11) is 2.12. The van der Waals surface area contributed by atoms with Crippen molar-refractivity contribution < 1.29 is 9.90 Å². The first-order chi connectivity index (χ1) is 10.0. The Morgan fingerprint density at radius 2 is 2.29 bits per heavy atom. The van der Waals surface area contributed by atoms with Crippen LogP contribution in [0, 0.1) is 0 Å². The molecule has 0 spiro atoms. The molecule has 0 amide bonds. The monoisotopic (exact) mass is 308 g/mol. The highest BCUT2D eigenvalue weighted by atomic mass is 32.1. The number of hydrogen-bond donors (Lipinski definition) is 2. The van der Waals surface area contributed by atoms with Crippen LogP contribution in [0.1, 0.15) is 36.1 Å². The van der Waals surface area contributed by atoms with Gasteiger partial charge in [0.25, 0.3) is 0 Å². The highest BCUT2D eigenvalue weighted by Gasteiger charge is 2.33. The molecule has 0 aromatic carbocycles. The van der Waals surface area contributed by atoms with E-state index < -0.39 is 11.5 Å². The van der Waals surface area contributed by atoms with Crippen molar-refractivity contribution in [2.24, 2.45) is 5.73 Å². The van der Waals surface area contributed by atoms with Gasteiger partial charge in [0.2, 0.25) is 0 Å².